The van der Waals surface area contributed by atoms with Crippen LogP contribution < -0.4 is 4.74 Å². The van der Waals surface area contributed by atoms with Gasteiger partial charge in [0.25, 0.3) is 0 Å². The molecule has 0 bridgehead atoms. The molecule has 0 saturated heterocycles. The molecule has 128 valence electrons. The highest BCUT2D eigenvalue weighted by Crippen LogP contribution is 2.30. The van der Waals surface area contributed by atoms with Gasteiger partial charge >= 0.3 is 5.97 Å². The van der Waals surface area contributed by atoms with E-state index in [9.17, 15) is 26.7 Å². The normalized spacial score (nSPS) is 10.8. The van der Waals surface area contributed by atoms with Gasteiger partial charge in [0.1, 0.15) is 5.01 Å². The molecule has 3 rings (SSSR count). The second-order valence-corrected chi connectivity index (χ2v) is 5.55. The summed E-state index contributed by atoms with van der Waals surface area (Å²) in [6.07, 6.45) is 0. The molecule has 0 spiro atoms. The van der Waals surface area contributed by atoms with Crippen molar-refractivity contribution in [1.29, 1.82) is 0 Å². The Bertz CT molecular complexity index is 930. The predicted molar refractivity (Wildman–Crippen MR) is 78.7 cm³/mol. The molecule has 0 radical (unpaired) electrons. The minimum absolute atomic E-state index is 0.326. The van der Waals surface area contributed by atoms with Crippen LogP contribution in [0.15, 0.2) is 35.7 Å². The summed E-state index contributed by atoms with van der Waals surface area (Å²) < 4.78 is 70.6. The Hall–Kier alpha value is -2.81. The molecule has 0 N–H and O–H groups in total. The van der Waals surface area contributed by atoms with Gasteiger partial charge in [-0.05, 0) is 0 Å². The van der Waals surface area contributed by atoms with Crippen LogP contribution in [0.3, 0.4) is 0 Å². The van der Waals surface area contributed by atoms with Crippen LogP contribution in [-0.4, -0.2) is 11.0 Å². The summed E-state index contributed by atoms with van der Waals surface area (Å²) in [4.78, 5) is 15.9. The Morgan fingerprint density at radius 1 is 0.880 bits per heavy atom. The standard InChI is InChI=1S/C16H6F5NO2S/c17-9-10(18)12(20)14(13(21)11(9)19)24-16(23)8-6-25-15(22-8)7-4-2-1-3-5-7/h1-6H. The summed E-state index contributed by atoms with van der Waals surface area (Å²) >= 11 is 1.05. The zero-order valence-corrected chi connectivity index (χ0v) is 12.8. The van der Waals surface area contributed by atoms with Crippen molar-refractivity contribution in [3.05, 3.63) is 70.5 Å². The van der Waals surface area contributed by atoms with Crippen LogP contribution in [0.1, 0.15) is 10.5 Å². The van der Waals surface area contributed by atoms with E-state index in [0.717, 1.165) is 11.3 Å². The van der Waals surface area contributed by atoms with Gasteiger partial charge in [0.15, 0.2) is 5.69 Å². The largest absolute Gasteiger partial charge is 0.415 e. The minimum Gasteiger partial charge on any atom is -0.415 e. The lowest BCUT2D eigenvalue weighted by molar-refractivity contribution is 0.0710. The maximum absolute atomic E-state index is 13.5. The second-order valence-electron chi connectivity index (χ2n) is 4.69. The number of aromatic nitrogens is 1. The average Bonchev–Trinajstić information content (AvgIpc) is 3.13. The first-order valence-corrected chi connectivity index (χ1v) is 7.52. The molecule has 2 aromatic carbocycles. The molecular formula is C16H6F5NO2S. The molecule has 0 aliphatic carbocycles. The number of rotatable bonds is 3. The number of ether oxygens (including phenoxy) is 1. The number of carbonyl (C=O) groups excluding carboxylic acids is 1. The Labute approximate surface area is 141 Å². The van der Waals surface area contributed by atoms with Crippen LogP contribution >= 0.6 is 11.3 Å². The van der Waals surface area contributed by atoms with Crippen molar-refractivity contribution in [3.63, 3.8) is 0 Å². The van der Waals surface area contributed by atoms with Crippen LogP contribution in [0.2, 0.25) is 0 Å². The van der Waals surface area contributed by atoms with E-state index in [0.29, 0.717) is 10.6 Å². The highest BCUT2D eigenvalue weighted by Gasteiger charge is 2.29. The highest BCUT2D eigenvalue weighted by molar-refractivity contribution is 7.13. The number of carbonyl (C=O) groups is 1. The first kappa shape index (κ1) is 17.0. The van der Waals surface area contributed by atoms with Crippen molar-refractivity contribution >= 4 is 17.3 Å². The molecule has 3 aromatic rings. The van der Waals surface area contributed by atoms with Gasteiger partial charge in [-0.25, -0.2) is 22.9 Å². The predicted octanol–water partition coefficient (Wildman–Crippen LogP) is 4.72. The number of hydrogen-bond acceptors (Lipinski definition) is 4. The summed E-state index contributed by atoms with van der Waals surface area (Å²) in [7, 11) is 0. The molecule has 0 fully saturated rings. The van der Waals surface area contributed by atoms with Crippen LogP contribution in [0.5, 0.6) is 5.75 Å². The van der Waals surface area contributed by atoms with Crippen molar-refractivity contribution in [3.8, 4) is 16.3 Å². The average molecular weight is 371 g/mol. The van der Waals surface area contributed by atoms with Gasteiger partial charge in [0.05, 0.1) is 0 Å². The number of thiazole rings is 1. The van der Waals surface area contributed by atoms with Crippen molar-refractivity contribution < 1.29 is 31.5 Å². The minimum atomic E-state index is -2.34. The van der Waals surface area contributed by atoms with Crippen molar-refractivity contribution in [2.75, 3.05) is 0 Å². The monoisotopic (exact) mass is 371 g/mol. The molecular weight excluding hydrogens is 365 g/mol. The molecule has 0 amide bonds. The van der Waals surface area contributed by atoms with E-state index < -0.39 is 40.8 Å². The third-order valence-corrected chi connectivity index (χ3v) is 3.99. The Balaban J connectivity index is 1.91. The molecule has 3 nitrogen and oxygen atoms in total. The zero-order valence-electron chi connectivity index (χ0n) is 12.0. The van der Waals surface area contributed by atoms with Gasteiger partial charge in [-0.3, -0.25) is 0 Å². The van der Waals surface area contributed by atoms with Crippen molar-refractivity contribution in [1.82, 2.24) is 4.98 Å². The number of esters is 1. The molecule has 0 saturated carbocycles. The summed E-state index contributed by atoms with van der Waals surface area (Å²) in [6.45, 7) is 0. The molecule has 1 heterocycles. The van der Waals surface area contributed by atoms with E-state index in [1.807, 2.05) is 0 Å². The number of hydrogen-bond donors (Lipinski definition) is 0. The van der Waals surface area contributed by atoms with E-state index >= 15 is 0 Å². The Morgan fingerprint density at radius 3 is 2.04 bits per heavy atom. The molecule has 25 heavy (non-hydrogen) atoms. The van der Waals surface area contributed by atoms with Crippen LogP contribution in [0.4, 0.5) is 22.0 Å². The third-order valence-electron chi connectivity index (χ3n) is 3.10. The lowest BCUT2D eigenvalue weighted by Crippen LogP contribution is -2.14. The molecule has 0 aliphatic rings. The maximum atomic E-state index is 13.5. The lowest BCUT2D eigenvalue weighted by atomic mass is 10.2. The molecule has 1 aromatic heterocycles. The lowest BCUT2D eigenvalue weighted by Gasteiger charge is -2.07. The van der Waals surface area contributed by atoms with Crippen LogP contribution in [0, 0.1) is 29.1 Å². The van der Waals surface area contributed by atoms with Gasteiger partial charge in [-0.2, -0.15) is 8.78 Å². The first-order valence-electron chi connectivity index (χ1n) is 6.64. The number of halogens is 5. The smallest absolute Gasteiger partial charge is 0.363 e. The molecule has 0 unspecified atom stereocenters. The zero-order chi connectivity index (χ0) is 18.1. The maximum Gasteiger partial charge on any atom is 0.363 e. The van der Waals surface area contributed by atoms with Gasteiger partial charge in [0, 0.05) is 10.9 Å². The number of benzene rings is 2. The first-order chi connectivity index (χ1) is 11.9. The summed E-state index contributed by atoms with van der Waals surface area (Å²) in [5.74, 6) is -14.2. The Morgan fingerprint density at radius 2 is 1.44 bits per heavy atom. The van der Waals surface area contributed by atoms with Gasteiger partial charge in [0.2, 0.25) is 34.8 Å². The van der Waals surface area contributed by atoms with E-state index in [1.54, 1.807) is 30.3 Å². The third kappa shape index (κ3) is 3.10. The van der Waals surface area contributed by atoms with Gasteiger partial charge in [-0.1, -0.05) is 30.3 Å². The second kappa shape index (κ2) is 6.60. The van der Waals surface area contributed by atoms with Crippen molar-refractivity contribution in [2.45, 2.75) is 0 Å². The molecule has 0 atom stereocenters. The Kier molecular flexibility index (Phi) is 4.49. The van der Waals surface area contributed by atoms with Gasteiger partial charge in [-0.15, -0.1) is 11.3 Å². The number of nitrogens with zero attached hydrogens (tertiary/aromatic N) is 1. The quantitative estimate of drug-likeness (QED) is 0.220. The summed E-state index contributed by atoms with van der Waals surface area (Å²) in [5, 5.41) is 1.67. The van der Waals surface area contributed by atoms with E-state index in [1.165, 1.54) is 5.38 Å². The summed E-state index contributed by atoms with van der Waals surface area (Å²) in [6, 6.07) is 8.69. The fourth-order valence-corrected chi connectivity index (χ4v) is 2.70. The fourth-order valence-electron chi connectivity index (χ4n) is 1.90. The van der Waals surface area contributed by atoms with Gasteiger partial charge < -0.3 is 4.74 Å². The summed E-state index contributed by atoms with van der Waals surface area (Å²) in [5.41, 5.74) is 0.357. The molecule has 9 heteroatoms. The van der Waals surface area contributed by atoms with E-state index in [2.05, 4.69) is 9.72 Å². The highest BCUT2D eigenvalue weighted by atomic mass is 32.1. The van der Waals surface area contributed by atoms with E-state index in [-0.39, 0.29) is 5.69 Å². The van der Waals surface area contributed by atoms with Crippen LogP contribution in [-0.2, 0) is 0 Å². The van der Waals surface area contributed by atoms with E-state index in [4.69, 9.17) is 0 Å². The van der Waals surface area contributed by atoms with Crippen LogP contribution in [0.25, 0.3) is 10.6 Å². The topological polar surface area (TPSA) is 39.2 Å². The SMILES string of the molecule is O=C(Oc1c(F)c(F)c(F)c(F)c1F)c1csc(-c2ccccc2)n1. The fraction of sp³-hybridized carbons (Fsp3) is 0. The molecule has 0 aliphatic heterocycles. The van der Waals surface area contributed by atoms with Crippen molar-refractivity contribution in [2.24, 2.45) is 0 Å².